The lowest BCUT2D eigenvalue weighted by Crippen LogP contribution is -2.04. The summed E-state index contributed by atoms with van der Waals surface area (Å²) >= 11 is 10.5. The van der Waals surface area contributed by atoms with Gasteiger partial charge in [-0.25, -0.2) is 5.10 Å². The van der Waals surface area contributed by atoms with E-state index in [1.54, 1.807) is 0 Å². The summed E-state index contributed by atoms with van der Waals surface area (Å²) in [5, 5.41) is 10.4. The number of hydrogen-bond donors (Lipinski definition) is 2. The largest absolute Gasteiger partial charge is 0.414 e. The van der Waals surface area contributed by atoms with E-state index in [1.807, 2.05) is 24.3 Å². The molecular formula is C10H10ClN3OS. The quantitative estimate of drug-likeness (QED) is 0.825. The van der Waals surface area contributed by atoms with Crippen LogP contribution < -0.4 is 5.32 Å². The molecule has 0 radical (unpaired) electrons. The Balaban J connectivity index is 1.84. The SMILES string of the molecule is S=c1[nH]nc(CCNc2ccc(Cl)cc2)o1. The summed E-state index contributed by atoms with van der Waals surface area (Å²) < 4.78 is 5.13. The highest BCUT2D eigenvalue weighted by Crippen LogP contribution is 2.13. The highest BCUT2D eigenvalue weighted by Gasteiger charge is 1.99. The normalized spacial score (nSPS) is 10.3. The summed E-state index contributed by atoms with van der Waals surface area (Å²) in [6.45, 7) is 0.727. The fourth-order valence-electron chi connectivity index (χ4n) is 1.25. The average molecular weight is 256 g/mol. The van der Waals surface area contributed by atoms with Gasteiger partial charge >= 0.3 is 0 Å². The Morgan fingerprint density at radius 1 is 1.38 bits per heavy atom. The Labute approximate surface area is 103 Å². The summed E-state index contributed by atoms with van der Waals surface area (Å²) in [5.74, 6) is 0.603. The van der Waals surface area contributed by atoms with Gasteiger partial charge < -0.3 is 9.73 Å². The fourth-order valence-corrected chi connectivity index (χ4v) is 1.52. The van der Waals surface area contributed by atoms with Crippen molar-refractivity contribution in [3.8, 4) is 0 Å². The molecule has 0 bridgehead atoms. The Kier molecular flexibility index (Phi) is 3.58. The zero-order valence-corrected chi connectivity index (χ0v) is 9.94. The van der Waals surface area contributed by atoms with Gasteiger partial charge in [-0.2, -0.15) is 0 Å². The van der Waals surface area contributed by atoms with Crippen LogP contribution in [0.5, 0.6) is 0 Å². The van der Waals surface area contributed by atoms with Gasteiger partial charge in [-0.05, 0) is 36.5 Å². The van der Waals surface area contributed by atoms with Crippen LogP contribution in [0.4, 0.5) is 5.69 Å². The number of H-pyrrole nitrogens is 1. The van der Waals surface area contributed by atoms with Crippen LogP contribution in [-0.4, -0.2) is 16.7 Å². The van der Waals surface area contributed by atoms with Gasteiger partial charge in [-0.3, -0.25) is 0 Å². The molecule has 1 aromatic carbocycles. The molecule has 6 heteroatoms. The summed E-state index contributed by atoms with van der Waals surface area (Å²) in [6, 6.07) is 7.51. The summed E-state index contributed by atoms with van der Waals surface area (Å²) in [5.41, 5.74) is 1.01. The molecule has 2 N–H and O–H groups in total. The number of hydrogen-bond acceptors (Lipinski definition) is 4. The number of aromatic amines is 1. The Morgan fingerprint density at radius 2 is 2.12 bits per heavy atom. The molecule has 0 aliphatic rings. The third kappa shape index (κ3) is 3.08. The van der Waals surface area contributed by atoms with Crippen LogP contribution in [0, 0.1) is 4.84 Å². The fraction of sp³-hybridized carbons (Fsp3) is 0.200. The molecule has 84 valence electrons. The maximum atomic E-state index is 5.78. The molecule has 0 aliphatic heterocycles. The molecular weight excluding hydrogens is 246 g/mol. The molecule has 0 unspecified atom stereocenters. The maximum absolute atomic E-state index is 5.78. The Hall–Kier alpha value is -1.33. The lowest BCUT2D eigenvalue weighted by molar-refractivity contribution is 0.484. The molecule has 16 heavy (non-hydrogen) atoms. The van der Waals surface area contributed by atoms with Gasteiger partial charge in [-0.15, -0.1) is 5.10 Å². The van der Waals surface area contributed by atoms with E-state index in [9.17, 15) is 0 Å². The lowest BCUT2D eigenvalue weighted by Gasteiger charge is -2.03. The van der Waals surface area contributed by atoms with Crippen LogP contribution in [-0.2, 0) is 6.42 Å². The molecule has 4 nitrogen and oxygen atoms in total. The lowest BCUT2D eigenvalue weighted by atomic mass is 10.3. The molecule has 0 atom stereocenters. The van der Waals surface area contributed by atoms with Gasteiger partial charge in [0.05, 0.1) is 0 Å². The number of benzene rings is 1. The standard InChI is InChI=1S/C10H10ClN3OS/c11-7-1-3-8(4-2-7)12-6-5-9-13-14-10(16)15-9/h1-4,12H,5-6H2,(H,14,16). The molecule has 2 rings (SSSR count). The third-order valence-corrected chi connectivity index (χ3v) is 2.42. The first-order valence-electron chi connectivity index (χ1n) is 4.78. The van der Waals surface area contributed by atoms with Crippen molar-refractivity contribution in [1.29, 1.82) is 0 Å². The zero-order chi connectivity index (χ0) is 11.4. The van der Waals surface area contributed by atoms with Gasteiger partial charge in [0.25, 0.3) is 4.84 Å². The van der Waals surface area contributed by atoms with Gasteiger partial charge in [0, 0.05) is 23.7 Å². The number of rotatable bonds is 4. The average Bonchev–Trinajstić information content (AvgIpc) is 2.67. The highest BCUT2D eigenvalue weighted by molar-refractivity contribution is 7.71. The van der Waals surface area contributed by atoms with E-state index in [4.69, 9.17) is 28.2 Å². The van der Waals surface area contributed by atoms with E-state index in [2.05, 4.69) is 15.5 Å². The third-order valence-electron chi connectivity index (χ3n) is 1.99. The van der Waals surface area contributed by atoms with E-state index in [-0.39, 0.29) is 0 Å². The minimum Gasteiger partial charge on any atom is -0.414 e. The minimum absolute atomic E-state index is 0.307. The first-order chi connectivity index (χ1) is 7.74. The number of nitrogens with one attached hydrogen (secondary N) is 2. The first-order valence-corrected chi connectivity index (χ1v) is 5.56. The van der Waals surface area contributed by atoms with Gasteiger partial charge in [-0.1, -0.05) is 11.6 Å². The first kappa shape index (κ1) is 11.2. The van der Waals surface area contributed by atoms with Crippen molar-refractivity contribution in [3.05, 3.63) is 40.0 Å². The summed E-state index contributed by atoms with van der Waals surface area (Å²) in [6.07, 6.45) is 0.676. The molecule has 0 aliphatic carbocycles. The predicted molar refractivity (Wildman–Crippen MR) is 65.3 cm³/mol. The Bertz CT molecular complexity index is 505. The second-order valence-corrected chi connectivity index (χ2v) is 4.00. The predicted octanol–water partition coefficient (Wildman–Crippen LogP) is 3.04. The second-order valence-electron chi connectivity index (χ2n) is 3.19. The van der Waals surface area contributed by atoms with E-state index in [1.165, 1.54) is 0 Å². The molecule has 0 fully saturated rings. The highest BCUT2D eigenvalue weighted by atomic mass is 35.5. The number of nitrogens with zero attached hydrogens (tertiary/aromatic N) is 1. The van der Waals surface area contributed by atoms with Crippen LogP contribution in [0.3, 0.4) is 0 Å². The van der Waals surface area contributed by atoms with Gasteiger partial charge in [0.1, 0.15) is 0 Å². The van der Waals surface area contributed by atoms with Crippen molar-refractivity contribution >= 4 is 29.5 Å². The maximum Gasteiger partial charge on any atom is 0.284 e. The van der Waals surface area contributed by atoms with Crippen LogP contribution in [0.15, 0.2) is 28.7 Å². The van der Waals surface area contributed by atoms with Crippen molar-refractivity contribution in [2.24, 2.45) is 0 Å². The number of halogens is 1. The van der Waals surface area contributed by atoms with Crippen LogP contribution in [0.25, 0.3) is 0 Å². The molecule has 1 heterocycles. The second kappa shape index (κ2) is 5.14. The smallest absolute Gasteiger partial charge is 0.284 e. The molecule has 0 saturated heterocycles. The number of aromatic nitrogens is 2. The van der Waals surface area contributed by atoms with Crippen molar-refractivity contribution in [1.82, 2.24) is 10.2 Å². The summed E-state index contributed by atoms with van der Waals surface area (Å²) in [4.78, 5) is 0.307. The molecule has 0 saturated carbocycles. The zero-order valence-electron chi connectivity index (χ0n) is 8.37. The van der Waals surface area contributed by atoms with Crippen LogP contribution >= 0.6 is 23.8 Å². The van der Waals surface area contributed by atoms with E-state index >= 15 is 0 Å². The minimum atomic E-state index is 0.307. The summed E-state index contributed by atoms with van der Waals surface area (Å²) in [7, 11) is 0. The van der Waals surface area contributed by atoms with Crippen molar-refractivity contribution < 1.29 is 4.42 Å². The van der Waals surface area contributed by atoms with Crippen molar-refractivity contribution in [2.45, 2.75) is 6.42 Å². The van der Waals surface area contributed by atoms with Gasteiger partial charge in [0.2, 0.25) is 5.89 Å². The van der Waals surface area contributed by atoms with Crippen molar-refractivity contribution in [2.75, 3.05) is 11.9 Å². The topological polar surface area (TPSA) is 53.9 Å². The van der Waals surface area contributed by atoms with Crippen molar-refractivity contribution in [3.63, 3.8) is 0 Å². The van der Waals surface area contributed by atoms with Gasteiger partial charge in [0.15, 0.2) is 0 Å². The van der Waals surface area contributed by atoms with E-state index in [0.717, 1.165) is 17.3 Å². The number of anilines is 1. The molecule has 0 amide bonds. The molecule has 1 aromatic heterocycles. The molecule has 2 aromatic rings. The Morgan fingerprint density at radius 3 is 2.75 bits per heavy atom. The monoisotopic (exact) mass is 255 g/mol. The molecule has 0 spiro atoms. The van der Waals surface area contributed by atoms with Crippen LogP contribution in [0.2, 0.25) is 5.02 Å². The van der Waals surface area contributed by atoms with E-state index < -0.39 is 0 Å². The van der Waals surface area contributed by atoms with E-state index in [0.29, 0.717) is 17.1 Å². The van der Waals surface area contributed by atoms with Crippen LogP contribution in [0.1, 0.15) is 5.89 Å².